The number of hydrogen-bond acceptors (Lipinski definition) is 3. The van der Waals surface area contributed by atoms with Crippen LogP contribution < -0.4 is 0 Å². The van der Waals surface area contributed by atoms with Gasteiger partial charge in [0.1, 0.15) is 5.75 Å². The molecule has 12 heavy (non-hydrogen) atoms. The minimum absolute atomic E-state index is 0.243. The lowest BCUT2D eigenvalue weighted by molar-refractivity contribution is 0.476. The van der Waals surface area contributed by atoms with Gasteiger partial charge in [0.2, 0.25) is 0 Å². The molecule has 0 amide bonds. The first-order chi connectivity index (χ1) is 5.75. The highest BCUT2D eigenvalue weighted by atomic mass is 127. The molecular formula is C8H5IN2O. The molecule has 60 valence electrons. The molecule has 1 heterocycles. The third kappa shape index (κ3) is 1.34. The fraction of sp³-hybridized carbons (Fsp3) is 0. The molecule has 0 saturated carbocycles. The molecule has 0 bridgehead atoms. The van der Waals surface area contributed by atoms with Gasteiger partial charge in [-0.25, -0.2) is 9.97 Å². The Morgan fingerprint density at radius 2 is 2.17 bits per heavy atom. The third-order valence-corrected chi connectivity index (χ3v) is 2.05. The molecular weight excluding hydrogens is 267 g/mol. The van der Waals surface area contributed by atoms with E-state index in [0.717, 1.165) is 10.9 Å². The topological polar surface area (TPSA) is 46.0 Å². The maximum atomic E-state index is 9.14. The Balaban J connectivity index is 2.79. The molecule has 0 radical (unpaired) electrons. The van der Waals surface area contributed by atoms with E-state index in [-0.39, 0.29) is 5.75 Å². The predicted octanol–water partition coefficient (Wildman–Crippen LogP) is 1.94. The van der Waals surface area contributed by atoms with Crippen molar-refractivity contribution in [3.8, 4) is 5.75 Å². The van der Waals surface area contributed by atoms with Crippen LogP contribution in [-0.2, 0) is 0 Å². The second-order valence-corrected chi connectivity index (χ2v) is 3.35. The number of benzene rings is 1. The molecule has 4 heteroatoms. The molecule has 0 spiro atoms. The smallest absolute Gasteiger partial charge is 0.191 e. The molecule has 0 aliphatic carbocycles. The first-order valence-corrected chi connectivity index (χ1v) is 4.45. The minimum Gasteiger partial charge on any atom is -0.508 e. The predicted molar refractivity (Wildman–Crippen MR) is 53.9 cm³/mol. The van der Waals surface area contributed by atoms with E-state index >= 15 is 0 Å². The number of aromatic hydroxyl groups is 1. The fourth-order valence-corrected chi connectivity index (χ4v) is 1.40. The van der Waals surface area contributed by atoms with Crippen LogP contribution in [0.4, 0.5) is 0 Å². The average Bonchev–Trinajstić information content (AvgIpc) is 2.05. The summed E-state index contributed by atoms with van der Waals surface area (Å²) in [4.78, 5) is 8.19. The Kier molecular flexibility index (Phi) is 1.84. The zero-order valence-corrected chi connectivity index (χ0v) is 8.19. The minimum atomic E-state index is 0.243. The number of rotatable bonds is 0. The molecule has 0 fully saturated rings. The molecule has 2 aromatic rings. The lowest BCUT2D eigenvalue weighted by Gasteiger charge is -1.96. The average molecular weight is 272 g/mol. The summed E-state index contributed by atoms with van der Waals surface area (Å²) in [5.74, 6) is 0.243. The van der Waals surface area contributed by atoms with Gasteiger partial charge in [0.05, 0.1) is 5.52 Å². The van der Waals surface area contributed by atoms with E-state index < -0.39 is 0 Å². The maximum absolute atomic E-state index is 9.14. The number of phenolic OH excluding ortho intramolecular Hbond substituents is 1. The second kappa shape index (κ2) is 2.85. The Bertz CT molecular complexity index is 389. The molecule has 1 aromatic carbocycles. The van der Waals surface area contributed by atoms with Crippen LogP contribution in [0, 0.1) is 3.83 Å². The van der Waals surface area contributed by atoms with Crippen molar-refractivity contribution in [1.29, 1.82) is 0 Å². The summed E-state index contributed by atoms with van der Waals surface area (Å²) < 4.78 is 0.714. The zero-order chi connectivity index (χ0) is 8.55. The van der Waals surface area contributed by atoms with Crippen LogP contribution >= 0.6 is 22.6 Å². The van der Waals surface area contributed by atoms with Gasteiger partial charge in [-0.1, -0.05) is 0 Å². The van der Waals surface area contributed by atoms with Gasteiger partial charge in [0, 0.05) is 34.2 Å². The van der Waals surface area contributed by atoms with E-state index in [1.165, 1.54) is 0 Å². The molecule has 1 N–H and O–H groups in total. The standard InChI is InChI=1S/C8H5IN2O/c9-8-10-4-5-3-6(12)1-2-7(5)11-8/h1-4,12H. The second-order valence-electron chi connectivity index (χ2n) is 2.38. The number of nitrogens with zero attached hydrogens (tertiary/aromatic N) is 2. The Hall–Kier alpha value is -0.910. The summed E-state index contributed by atoms with van der Waals surface area (Å²) in [6.45, 7) is 0. The van der Waals surface area contributed by atoms with Gasteiger partial charge in [-0.2, -0.15) is 0 Å². The van der Waals surface area contributed by atoms with Gasteiger partial charge in [-0.3, -0.25) is 0 Å². The summed E-state index contributed by atoms with van der Waals surface area (Å²) in [6.07, 6.45) is 1.70. The lowest BCUT2D eigenvalue weighted by atomic mass is 10.2. The Morgan fingerprint density at radius 3 is 3.00 bits per heavy atom. The van der Waals surface area contributed by atoms with Gasteiger partial charge in [-0.15, -0.1) is 0 Å². The molecule has 2 rings (SSSR count). The summed E-state index contributed by atoms with van der Waals surface area (Å²) in [5.41, 5.74) is 0.854. The molecule has 0 atom stereocenters. The first kappa shape index (κ1) is 7.72. The fourth-order valence-electron chi connectivity index (χ4n) is 0.998. The van der Waals surface area contributed by atoms with Gasteiger partial charge >= 0.3 is 0 Å². The van der Waals surface area contributed by atoms with Crippen molar-refractivity contribution in [3.05, 3.63) is 28.2 Å². The van der Waals surface area contributed by atoms with Crippen LogP contribution in [0.25, 0.3) is 10.9 Å². The number of hydrogen-bond donors (Lipinski definition) is 1. The van der Waals surface area contributed by atoms with Crippen molar-refractivity contribution in [2.75, 3.05) is 0 Å². The number of aromatic nitrogens is 2. The summed E-state index contributed by atoms with van der Waals surface area (Å²) in [5, 5.41) is 10.00. The molecule has 3 nitrogen and oxygen atoms in total. The quantitative estimate of drug-likeness (QED) is 0.589. The van der Waals surface area contributed by atoms with Crippen LogP contribution in [-0.4, -0.2) is 15.1 Å². The number of fused-ring (bicyclic) bond motifs is 1. The van der Waals surface area contributed by atoms with Crippen molar-refractivity contribution in [3.63, 3.8) is 0 Å². The van der Waals surface area contributed by atoms with Crippen LogP contribution in [0.2, 0.25) is 0 Å². The van der Waals surface area contributed by atoms with Crippen molar-refractivity contribution in [2.24, 2.45) is 0 Å². The van der Waals surface area contributed by atoms with Crippen molar-refractivity contribution in [1.82, 2.24) is 9.97 Å². The highest BCUT2D eigenvalue weighted by molar-refractivity contribution is 14.1. The molecule has 0 aliphatic heterocycles. The van der Waals surface area contributed by atoms with Crippen LogP contribution in [0.5, 0.6) is 5.75 Å². The van der Waals surface area contributed by atoms with E-state index in [4.69, 9.17) is 5.11 Å². The number of halogens is 1. The third-order valence-electron chi connectivity index (χ3n) is 1.53. The monoisotopic (exact) mass is 272 g/mol. The highest BCUT2D eigenvalue weighted by Crippen LogP contribution is 2.17. The summed E-state index contributed by atoms with van der Waals surface area (Å²) in [7, 11) is 0. The molecule has 1 aromatic heterocycles. The first-order valence-electron chi connectivity index (χ1n) is 3.37. The lowest BCUT2D eigenvalue weighted by Crippen LogP contribution is -1.86. The highest BCUT2D eigenvalue weighted by Gasteiger charge is 1.97. The number of phenols is 1. The zero-order valence-electron chi connectivity index (χ0n) is 6.03. The largest absolute Gasteiger partial charge is 0.508 e. The molecule has 0 aliphatic rings. The van der Waals surface area contributed by atoms with E-state index in [0.29, 0.717) is 3.83 Å². The molecule has 0 unspecified atom stereocenters. The van der Waals surface area contributed by atoms with Gasteiger partial charge < -0.3 is 5.11 Å². The van der Waals surface area contributed by atoms with E-state index in [1.807, 2.05) is 0 Å². The van der Waals surface area contributed by atoms with E-state index in [2.05, 4.69) is 32.6 Å². The van der Waals surface area contributed by atoms with E-state index in [1.54, 1.807) is 24.4 Å². The maximum Gasteiger partial charge on any atom is 0.191 e. The van der Waals surface area contributed by atoms with Crippen LogP contribution in [0.15, 0.2) is 24.4 Å². The van der Waals surface area contributed by atoms with Crippen LogP contribution in [0.3, 0.4) is 0 Å². The molecule has 0 saturated heterocycles. The van der Waals surface area contributed by atoms with Gasteiger partial charge in [-0.05, 0) is 18.2 Å². The van der Waals surface area contributed by atoms with Gasteiger partial charge in [0.15, 0.2) is 3.83 Å². The van der Waals surface area contributed by atoms with Crippen LogP contribution in [0.1, 0.15) is 0 Å². The van der Waals surface area contributed by atoms with Crippen molar-refractivity contribution >= 4 is 33.5 Å². The Labute approximate surface area is 82.6 Å². The SMILES string of the molecule is Oc1ccc2nc(I)ncc2c1. The summed E-state index contributed by atoms with van der Waals surface area (Å²) in [6, 6.07) is 5.03. The van der Waals surface area contributed by atoms with E-state index in [9.17, 15) is 0 Å². The van der Waals surface area contributed by atoms with Gasteiger partial charge in [0.25, 0.3) is 0 Å². The van der Waals surface area contributed by atoms with Crippen molar-refractivity contribution in [2.45, 2.75) is 0 Å². The van der Waals surface area contributed by atoms with Crippen molar-refractivity contribution < 1.29 is 5.11 Å². The summed E-state index contributed by atoms with van der Waals surface area (Å²) >= 11 is 2.05. The normalized spacial score (nSPS) is 10.4. The Morgan fingerprint density at radius 1 is 1.33 bits per heavy atom.